The number of nitrogens with two attached hydrogens (primary N) is 1. The third-order valence-corrected chi connectivity index (χ3v) is 3.50. The van der Waals surface area contributed by atoms with Crippen LogP contribution in [0.3, 0.4) is 0 Å². The molecule has 0 bridgehead atoms. The van der Waals surface area contributed by atoms with Crippen molar-refractivity contribution in [2.24, 2.45) is 0 Å². The van der Waals surface area contributed by atoms with Crippen LogP contribution in [-0.4, -0.2) is 17.6 Å². The van der Waals surface area contributed by atoms with Gasteiger partial charge in [0.05, 0.1) is 11.4 Å². The van der Waals surface area contributed by atoms with Crippen molar-refractivity contribution in [3.05, 3.63) is 17.8 Å². The van der Waals surface area contributed by atoms with Crippen LogP contribution in [0.4, 0.5) is 11.5 Å². The standard InChI is InChI=1S/C13H21N3/c1-3-11-6-4-5-9-16(11)13-8-7-12(14)10(2)15-13/h7-8,11H,3-6,9,14H2,1-2H3. The van der Waals surface area contributed by atoms with E-state index in [4.69, 9.17) is 5.73 Å². The van der Waals surface area contributed by atoms with Gasteiger partial charge in [0.1, 0.15) is 5.82 Å². The molecular weight excluding hydrogens is 198 g/mol. The first-order chi connectivity index (χ1) is 7.72. The van der Waals surface area contributed by atoms with E-state index in [1.807, 2.05) is 13.0 Å². The van der Waals surface area contributed by atoms with E-state index in [0.29, 0.717) is 6.04 Å². The van der Waals surface area contributed by atoms with Crippen molar-refractivity contribution in [2.75, 3.05) is 17.2 Å². The Morgan fingerprint density at radius 3 is 2.94 bits per heavy atom. The Morgan fingerprint density at radius 1 is 1.44 bits per heavy atom. The fraction of sp³-hybridized carbons (Fsp3) is 0.615. The third-order valence-electron chi connectivity index (χ3n) is 3.50. The van der Waals surface area contributed by atoms with Crippen molar-refractivity contribution in [1.82, 2.24) is 4.98 Å². The Morgan fingerprint density at radius 2 is 2.25 bits per heavy atom. The predicted molar refractivity (Wildman–Crippen MR) is 68.7 cm³/mol. The van der Waals surface area contributed by atoms with Gasteiger partial charge in [-0.05, 0) is 44.7 Å². The molecule has 1 aromatic rings. The quantitative estimate of drug-likeness (QED) is 0.831. The smallest absolute Gasteiger partial charge is 0.129 e. The summed E-state index contributed by atoms with van der Waals surface area (Å²) in [6, 6.07) is 4.68. The summed E-state index contributed by atoms with van der Waals surface area (Å²) in [5.74, 6) is 1.10. The normalized spacial score (nSPS) is 21.1. The second kappa shape index (κ2) is 4.73. The molecule has 1 atom stereocenters. The summed E-state index contributed by atoms with van der Waals surface area (Å²) in [7, 11) is 0. The van der Waals surface area contributed by atoms with Crippen LogP contribution >= 0.6 is 0 Å². The van der Waals surface area contributed by atoms with Gasteiger partial charge in [-0.2, -0.15) is 0 Å². The molecule has 0 aliphatic carbocycles. The van der Waals surface area contributed by atoms with Crippen LogP contribution in [0, 0.1) is 6.92 Å². The summed E-state index contributed by atoms with van der Waals surface area (Å²) < 4.78 is 0. The highest BCUT2D eigenvalue weighted by Crippen LogP contribution is 2.26. The van der Waals surface area contributed by atoms with Gasteiger partial charge in [0.15, 0.2) is 0 Å². The van der Waals surface area contributed by atoms with Crippen LogP contribution in [-0.2, 0) is 0 Å². The zero-order valence-electron chi connectivity index (χ0n) is 10.2. The number of hydrogen-bond acceptors (Lipinski definition) is 3. The lowest BCUT2D eigenvalue weighted by atomic mass is 10.00. The molecule has 3 heteroatoms. The molecule has 3 nitrogen and oxygen atoms in total. The van der Waals surface area contributed by atoms with E-state index in [1.165, 1.54) is 25.7 Å². The molecule has 2 rings (SSSR count). The predicted octanol–water partition coefficient (Wildman–Crippen LogP) is 2.74. The number of aromatic nitrogens is 1. The van der Waals surface area contributed by atoms with E-state index < -0.39 is 0 Å². The highest BCUT2D eigenvalue weighted by Gasteiger charge is 2.21. The van der Waals surface area contributed by atoms with E-state index in [1.54, 1.807) is 0 Å². The maximum absolute atomic E-state index is 5.80. The van der Waals surface area contributed by atoms with Gasteiger partial charge in [-0.25, -0.2) is 4.98 Å². The lowest BCUT2D eigenvalue weighted by Gasteiger charge is -2.36. The number of anilines is 2. The Labute approximate surface area is 97.7 Å². The Kier molecular flexibility index (Phi) is 3.32. The van der Waals surface area contributed by atoms with Crippen LogP contribution in [0.1, 0.15) is 38.3 Å². The van der Waals surface area contributed by atoms with E-state index in [0.717, 1.165) is 23.7 Å². The number of rotatable bonds is 2. The summed E-state index contributed by atoms with van der Waals surface area (Å²) in [6.07, 6.45) is 5.12. The van der Waals surface area contributed by atoms with Crippen LogP contribution < -0.4 is 10.6 Å². The minimum absolute atomic E-state index is 0.657. The first-order valence-electron chi connectivity index (χ1n) is 6.22. The molecule has 1 aliphatic rings. The number of nitrogens with zero attached hydrogens (tertiary/aromatic N) is 2. The molecule has 0 spiro atoms. The maximum atomic E-state index is 5.80. The average molecular weight is 219 g/mol. The van der Waals surface area contributed by atoms with Crippen molar-refractivity contribution in [1.29, 1.82) is 0 Å². The average Bonchev–Trinajstić information content (AvgIpc) is 2.32. The van der Waals surface area contributed by atoms with E-state index >= 15 is 0 Å². The van der Waals surface area contributed by atoms with E-state index in [9.17, 15) is 0 Å². The summed E-state index contributed by atoms with van der Waals surface area (Å²) in [5, 5.41) is 0. The molecule has 88 valence electrons. The Balaban J connectivity index is 2.23. The number of hydrogen-bond donors (Lipinski definition) is 1. The molecule has 0 aromatic carbocycles. The number of nitrogen functional groups attached to an aromatic ring is 1. The van der Waals surface area contributed by atoms with E-state index in [-0.39, 0.29) is 0 Å². The van der Waals surface area contributed by atoms with Crippen LogP contribution in [0.15, 0.2) is 12.1 Å². The van der Waals surface area contributed by atoms with E-state index in [2.05, 4.69) is 22.9 Å². The van der Waals surface area contributed by atoms with Gasteiger partial charge in [0.2, 0.25) is 0 Å². The third kappa shape index (κ3) is 2.13. The van der Waals surface area contributed by atoms with Crippen molar-refractivity contribution in [3.63, 3.8) is 0 Å². The van der Waals surface area contributed by atoms with Crippen LogP contribution in [0.5, 0.6) is 0 Å². The highest BCUT2D eigenvalue weighted by atomic mass is 15.2. The number of aryl methyl sites for hydroxylation is 1. The molecule has 1 fully saturated rings. The van der Waals surface area contributed by atoms with Gasteiger partial charge in [0.25, 0.3) is 0 Å². The lowest BCUT2D eigenvalue weighted by Crippen LogP contribution is -2.39. The van der Waals surface area contributed by atoms with Gasteiger partial charge in [-0.15, -0.1) is 0 Å². The molecule has 1 saturated heterocycles. The topological polar surface area (TPSA) is 42.1 Å². The molecule has 0 saturated carbocycles. The monoisotopic (exact) mass is 219 g/mol. The lowest BCUT2D eigenvalue weighted by molar-refractivity contribution is 0.446. The van der Waals surface area contributed by atoms with Gasteiger partial charge < -0.3 is 10.6 Å². The Bertz CT molecular complexity index is 362. The van der Waals surface area contributed by atoms with Gasteiger partial charge in [-0.1, -0.05) is 6.92 Å². The Hall–Kier alpha value is -1.25. The number of piperidine rings is 1. The fourth-order valence-electron chi connectivity index (χ4n) is 2.45. The molecule has 16 heavy (non-hydrogen) atoms. The fourth-order valence-corrected chi connectivity index (χ4v) is 2.45. The SMILES string of the molecule is CCC1CCCCN1c1ccc(N)c(C)n1. The first kappa shape index (κ1) is 11.2. The van der Waals surface area contributed by atoms with Gasteiger partial charge in [0, 0.05) is 12.6 Å². The first-order valence-corrected chi connectivity index (χ1v) is 6.22. The van der Waals surface area contributed by atoms with Crippen molar-refractivity contribution in [3.8, 4) is 0 Å². The summed E-state index contributed by atoms with van der Waals surface area (Å²) in [5.41, 5.74) is 7.53. The van der Waals surface area contributed by atoms with Crippen molar-refractivity contribution < 1.29 is 0 Å². The highest BCUT2D eigenvalue weighted by molar-refractivity contribution is 5.51. The molecule has 0 radical (unpaired) electrons. The second-order valence-corrected chi connectivity index (χ2v) is 4.60. The largest absolute Gasteiger partial charge is 0.397 e. The molecule has 0 amide bonds. The number of pyridine rings is 1. The minimum atomic E-state index is 0.657. The molecular formula is C13H21N3. The molecule has 2 heterocycles. The van der Waals surface area contributed by atoms with Gasteiger partial charge in [-0.3, -0.25) is 0 Å². The second-order valence-electron chi connectivity index (χ2n) is 4.60. The summed E-state index contributed by atoms with van der Waals surface area (Å²) in [6.45, 7) is 5.37. The van der Waals surface area contributed by atoms with Gasteiger partial charge >= 0.3 is 0 Å². The molecule has 2 N–H and O–H groups in total. The maximum Gasteiger partial charge on any atom is 0.129 e. The van der Waals surface area contributed by atoms with Crippen molar-refractivity contribution in [2.45, 2.75) is 45.6 Å². The molecule has 1 unspecified atom stereocenters. The van der Waals surface area contributed by atoms with Crippen molar-refractivity contribution >= 4 is 11.5 Å². The molecule has 1 aliphatic heterocycles. The van der Waals surface area contributed by atoms with Crippen LogP contribution in [0.25, 0.3) is 0 Å². The minimum Gasteiger partial charge on any atom is -0.397 e. The zero-order chi connectivity index (χ0) is 11.5. The molecule has 1 aromatic heterocycles. The van der Waals surface area contributed by atoms with Crippen LogP contribution in [0.2, 0.25) is 0 Å². The summed E-state index contributed by atoms with van der Waals surface area (Å²) in [4.78, 5) is 7.04. The zero-order valence-corrected chi connectivity index (χ0v) is 10.2. The summed E-state index contributed by atoms with van der Waals surface area (Å²) >= 11 is 0.